The van der Waals surface area contributed by atoms with E-state index in [4.69, 9.17) is 9.64 Å². The summed E-state index contributed by atoms with van der Waals surface area (Å²) in [4.78, 5) is 16.5. The van der Waals surface area contributed by atoms with E-state index in [1.54, 1.807) is 12.4 Å². The molecule has 4 nitrogen and oxygen atoms in total. The summed E-state index contributed by atoms with van der Waals surface area (Å²) in [6.07, 6.45) is 3.51. The number of aromatic nitrogens is 4. The molecule has 0 aliphatic heterocycles. The fourth-order valence-corrected chi connectivity index (χ4v) is 3.10. The Hall–Kier alpha value is -1.56. The van der Waals surface area contributed by atoms with E-state index < -0.39 is 16.4 Å². The zero-order valence-electron chi connectivity index (χ0n) is 9.69. The molecule has 0 fully saturated rings. The number of halogens is 1. The van der Waals surface area contributed by atoms with Crippen LogP contribution >= 0.6 is 9.64 Å². The summed E-state index contributed by atoms with van der Waals surface area (Å²) in [5, 5.41) is 0. The molecule has 0 saturated carbocycles. The molecule has 0 aromatic carbocycles. The summed E-state index contributed by atoms with van der Waals surface area (Å²) < 4.78 is 0.850. The van der Waals surface area contributed by atoms with E-state index in [0.717, 1.165) is 27.2 Å². The van der Waals surface area contributed by atoms with Crippen LogP contribution in [0.1, 0.15) is 0 Å². The Labute approximate surface area is 122 Å². The van der Waals surface area contributed by atoms with E-state index in [2.05, 4.69) is 19.9 Å². The van der Waals surface area contributed by atoms with Crippen molar-refractivity contribution in [3.8, 4) is 22.8 Å². The zero-order chi connectivity index (χ0) is 13.1. The molecule has 3 heterocycles. The van der Waals surface area contributed by atoms with Crippen molar-refractivity contribution in [2.45, 2.75) is 0 Å². The maximum atomic E-state index is 5.99. The molecular formula is C13H9ClN4Os. The van der Waals surface area contributed by atoms with E-state index in [-0.39, 0.29) is 0 Å². The Morgan fingerprint density at radius 1 is 0.947 bits per heavy atom. The SMILES string of the molecule is [Cl][Os][c]1nc(-c2ccccn2)c(-c2ccccn2)[nH]1. The van der Waals surface area contributed by atoms with Crippen molar-refractivity contribution in [2.24, 2.45) is 0 Å². The molecule has 96 valence electrons. The van der Waals surface area contributed by atoms with Crippen LogP contribution in [-0.2, 0) is 16.4 Å². The van der Waals surface area contributed by atoms with Crippen LogP contribution in [-0.4, -0.2) is 19.9 Å². The van der Waals surface area contributed by atoms with Crippen molar-refractivity contribution < 1.29 is 16.4 Å². The third-order valence-electron chi connectivity index (χ3n) is 2.56. The predicted octanol–water partition coefficient (Wildman–Crippen LogP) is 2.40. The number of imidazole rings is 1. The number of hydrogen-bond donors (Lipinski definition) is 1. The number of nitrogens with zero attached hydrogens (tertiary/aromatic N) is 3. The normalized spacial score (nSPS) is 10.8. The molecule has 3 aromatic rings. The molecule has 19 heavy (non-hydrogen) atoms. The first-order valence-corrected chi connectivity index (χ1v) is 9.97. The van der Waals surface area contributed by atoms with E-state index in [1.165, 1.54) is 0 Å². The molecule has 0 atom stereocenters. The van der Waals surface area contributed by atoms with Gasteiger partial charge in [0.25, 0.3) is 0 Å². The average Bonchev–Trinajstić information content (AvgIpc) is 2.93. The average molecular weight is 447 g/mol. The molecule has 6 heteroatoms. The molecule has 0 aliphatic rings. The minimum absolute atomic E-state index is 0.808. The minimum atomic E-state index is -0.869. The summed E-state index contributed by atoms with van der Waals surface area (Å²) in [5.41, 5.74) is 3.36. The van der Waals surface area contributed by atoms with Gasteiger partial charge in [-0.15, -0.1) is 0 Å². The van der Waals surface area contributed by atoms with Crippen LogP contribution in [0, 0.1) is 0 Å². The Morgan fingerprint density at radius 2 is 1.63 bits per heavy atom. The summed E-state index contributed by atoms with van der Waals surface area (Å²) in [7, 11) is 5.99. The third kappa shape index (κ3) is 2.58. The first-order chi connectivity index (χ1) is 9.38. The van der Waals surface area contributed by atoms with Gasteiger partial charge in [-0.25, -0.2) is 0 Å². The number of nitrogens with one attached hydrogen (secondary N) is 1. The van der Waals surface area contributed by atoms with Gasteiger partial charge < -0.3 is 0 Å². The van der Waals surface area contributed by atoms with Gasteiger partial charge in [-0.05, 0) is 0 Å². The van der Waals surface area contributed by atoms with Crippen molar-refractivity contribution in [3.63, 3.8) is 0 Å². The van der Waals surface area contributed by atoms with Gasteiger partial charge in [0, 0.05) is 0 Å². The number of H-pyrrole nitrogens is 1. The quantitative estimate of drug-likeness (QED) is 0.672. The fourth-order valence-electron chi connectivity index (χ4n) is 1.75. The van der Waals surface area contributed by atoms with Crippen LogP contribution in [0.3, 0.4) is 0 Å². The third-order valence-corrected chi connectivity index (χ3v) is 4.65. The standard InChI is InChI=1S/C13H9N4.ClH.Os/c1-3-7-14-10(5-1)12-13(17-9-16-12)11-6-2-4-8-15-11;;/h1-8H,(H,16,17);1H;/q;;+1/p-1. The van der Waals surface area contributed by atoms with Gasteiger partial charge in [-0.2, -0.15) is 0 Å². The summed E-state index contributed by atoms with van der Waals surface area (Å²) >= 11 is -0.869. The van der Waals surface area contributed by atoms with Gasteiger partial charge in [0.2, 0.25) is 0 Å². The van der Waals surface area contributed by atoms with E-state index >= 15 is 0 Å². The van der Waals surface area contributed by atoms with Crippen molar-refractivity contribution in [3.05, 3.63) is 48.8 Å². The summed E-state index contributed by atoms with van der Waals surface area (Å²) in [5.74, 6) is 0. The van der Waals surface area contributed by atoms with Crippen molar-refractivity contribution in [2.75, 3.05) is 0 Å². The number of aromatic amines is 1. The Morgan fingerprint density at radius 3 is 2.21 bits per heavy atom. The molecule has 0 amide bonds. The van der Waals surface area contributed by atoms with Gasteiger partial charge in [-0.3, -0.25) is 0 Å². The molecule has 0 saturated heterocycles. The summed E-state index contributed by atoms with van der Waals surface area (Å²) in [6.45, 7) is 0. The first-order valence-electron chi connectivity index (χ1n) is 5.55. The number of pyridine rings is 2. The topological polar surface area (TPSA) is 54.5 Å². The molecule has 0 unspecified atom stereocenters. The van der Waals surface area contributed by atoms with E-state index in [0.29, 0.717) is 0 Å². The van der Waals surface area contributed by atoms with Crippen LogP contribution in [0.25, 0.3) is 22.8 Å². The molecule has 0 radical (unpaired) electrons. The Bertz CT molecular complexity index is 613. The second-order valence-electron chi connectivity index (χ2n) is 3.74. The maximum absolute atomic E-state index is 5.99. The van der Waals surface area contributed by atoms with Crippen LogP contribution in [0.15, 0.2) is 48.8 Å². The van der Waals surface area contributed by atoms with Crippen molar-refractivity contribution in [1.29, 1.82) is 0 Å². The summed E-state index contributed by atoms with van der Waals surface area (Å²) in [6, 6.07) is 11.5. The number of rotatable bonds is 3. The zero-order valence-corrected chi connectivity index (χ0v) is 13.0. The van der Waals surface area contributed by atoms with Crippen molar-refractivity contribution >= 4 is 14.0 Å². The Balaban J connectivity index is 2.17. The molecule has 1 N–H and O–H groups in total. The van der Waals surface area contributed by atoms with Crippen molar-refractivity contribution in [1.82, 2.24) is 19.9 Å². The van der Waals surface area contributed by atoms with Gasteiger partial charge in [0.05, 0.1) is 0 Å². The van der Waals surface area contributed by atoms with Crippen LogP contribution < -0.4 is 4.38 Å². The van der Waals surface area contributed by atoms with Crippen LogP contribution in [0.4, 0.5) is 0 Å². The van der Waals surface area contributed by atoms with Crippen LogP contribution in [0.2, 0.25) is 0 Å². The van der Waals surface area contributed by atoms with Gasteiger partial charge >= 0.3 is 122 Å². The van der Waals surface area contributed by atoms with E-state index in [9.17, 15) is 0 Å². The Kier molecular flexibility index (Phi) is 3.68. The molecule has 3 rings (SSSR count). The monoisotopic (exact) mass is 448 g/mol. The molecule has 3 aromatic heterocycles. The molecule has 0 bridgehead atoms. The van der Waals surface area contributed by atoms with Gasteiger partial charge in [-0.1, -0.05) is 0 Å². The molecule has 0 spiro atoms. The van der Waals surface area contributed by atoms with Gasteiger partial charge in [0.1, 0.15) is 0 Å². The first kappa shape index (κ1) is 12.5. The van der Waals surface area contributed by atoms with Crippen LogP contribution in [0.5, 0.6) is 0 Å². The molecule has 0 aliphatic carbocycles. The second kappa shape index (κ2) is 5.60. The van der Waals surface area contributed by atoms with E-state index in [1.807, 2.05) is 36.4 Å². The van der Waals surface area contributed by atoms with Gasteiger partial charge in [0.15, 0.2) is 0 Å². The second-order valence-corrected chi connectivity index (χ2v) is 6.51. The predicted molar refractivity (Wildman–Crippen MR) is 70.5 cm³/mol. The molecular weight excluding hydrogens is 438 g/mol. The fraction of sp³-hybridized carbons (Fsp3) is 0. The number of hydrogen-bond acceptors (Lipinski definition) is 3.